The molecule has 0 aromatic carbocycles. The highest BCUT2D eigenvalue weighted by molar-refractivity contribution is 5.90. The highest BCUT2D eigenvalue weighted by Gasteiger charge is 2.01. The van der Waals surface area contributed by atoms with Gasteiger partial charge in [0, 0.05) is 23.8 Å². The number of nitrogens with one attached hydrogen (secondary N) is 2. The molecule has 0 radical (unpaired) electrons. The Labute approximate surface area is 99.7 Å². The van der Waals surface area contributed by atoms with Crippen molar-refractivity contribution in [2.24, 2.45) is 5.73 Å². The fourth-order valence-electron chi connectivity index (χ4n) is 1.10. The standard InChI is InChI=1S/C12H14N4O/c1-2-3-10(4-7-13)15-12(17)16-11-5-8-14-9-6-11/h2-9H,1,13H2,(H2,14,15,16,17)/b7-4-,10-3+. The fraction of sp³-hybridized carbons (Fsp3) is 0. The molecule has 0 atom stereocenters. The SMILES string of the molecule is C=C/C=C(\C=C/N)NC(=O)Nc1ccncc1. The lowest BCUT2D eigenvalue weighted by Crippen LogP contribution is -2.27. The second kappa shape index (κ2) is 6.84. The van der Waals surface area contributed by atoms with Crippen LogP contribution in [-0.4, -0.2) is 11.0 Å². The second-order valence-corrected chi connectivity index (χ2v) is 3.03. The molecule has 0 aliphatic rings. The van der Waals surface area contributed by atoms with E-state index in [0.29, 0.717) is 11.4 Å². The van der Waals surface area contributed by atoms with Gasteiger partial charge >= 0.3 is 6.03 Å². The van der Waals surface area contributed by atoms with E-state index in [1.54, 1.807) is 42.8 Å². The van der Waals surface area contributed by atoms with Gasteiger partial charge in [-0.05, 0) is 30.5 Å². The third-order valence-electron chi connectivity index (χ3n) is 1.77. The number of nitrogens with two attached hydrogens (primary N) is 1. The van der Waals surface area contributed by atoms with Crippen LogP contribution in [0.25, 0.3) is 0 Å². The van der Waals surface area contributed by atoms with E-state index in [1.807, 2.05) is 0 Å². The predicted molar refractivity (Wildman–Crippen MR) is 68.0 cm³/mol. The summed E-state index contributed by atoms with van der Waals surface area (Å²) in [6.07, 6.45) is 9.28. The summed E-state index contributed by atoms with van der Waals surface area (Å²) < 4.78 is 0. The maximum atomic E-state index is 11.6. The second-order valence-electron chi connectivity index (χ2n) is 3.03. The number of hydrogen-bond acceptors (Lipinski definition) is 3. The largest absolute Gasteiger partial charge is 0.405 e. The van der Waals surface area contributed by atoms with E-state index in [1.165, 1.54) is 6.20 Å². The zero-order valence-electron chi connectivity index (χ0n) is 9.26. The van der Waals surface area contributed by atoms with Gasteiger partial charge in [-0.15, -0.1) is 0 Å². The summed E-state index contributed by atoms with van der Waals surface area (Å²) in [6, 6.07) is 3.02. The first-order valence-corrected chi connectivity index (χ1v) is 4.95. The third-order valence-corrected chi connectivity index (χ3v) is 1.77. The maximum absolute atomic E-state index is 11.6. The molecule has 0 unspecified atom stereocenters. The van der Waals surface area contributed by atoms with E-state index < -0.39 is 0 Å². The quantitative estimate of drug-likeness (QED) is 0.689. The molecular weight excluding hydrogens is 216 g/mol. The molecule has 1 aromatic rings. The molecule has 4 N–H and O–H groups in total. The normalized spacial score (nSPS) is 11.2. The Morgan fingerprint density at radius 3 is 2.71 bits per heavy atom. The smallest absolute Gasteiger partial charge is 0.323 e. The molecule has 0 spiro atoms. The summed E-state index contributed by atoms with van der Waals surface area (Å²) in [5.41, 5.74) is 6.46. The number of anilines is 1. The average Bonchev–Trinajstić information content (AvgIpc) is 2.30. The predicted octanol–water partition coefficient (Wildman–Crippen LogP) is 1.75. The molecule has 17 heavy (non-hydrogen) atoms. The summed E-state index contributed by atoms with van der Waals surface area (Å²) in [6.45, 7) is 3.54. The number of allylic oxidation sites excluding steroid dienone is 3. The van der Waals surface area contributed by atoms with Gasteiger partial charge in [0.25, 0.3) is 0 Å². The van der Waals surface area contributed by atoms with Crippen LogP contribution in [0.5, 0.6) is 0 Å². The van der Waals surface area contributed by atoms with Crippen molar-refractivity contribution in [1.29, 1.82) is 0 Å². The van der Waals surface area contributed by atoms with Gasteiger partial charge in [-0.2, -0.15) is 0 Å². The molecule has 0 saturated heterocycles. The van der Waals surface area contributed by atoms with Gasteiger partial charge in [0.05, 0.1) is 0 Å². The van der Waals surface area contributed by atoms with Crippen LogP contribution in [0.1, 0.15) is 0 Å². The Kier molecular flexibility index (Phi) is 5.03. The molecule has 1 heterocycles. The molecule has 0 fully saturated rings. The van der Waals surface area contributed by atoms with Gasteiger partial charge in [0.15, 0.2) is 0 Å². The summed E-state index contributed by atoms with van der Waals surface area (Å²) in [5, 5.41) is 5.27. The first-order chi connectivity index (χ1) is 8.26. The van der Waals surface area contributed by atoms with Crippen LogP contribution in [0, 0.1) is 0 Å². The number of hydrogen-bond donors (Lipinski definition) is 3. The Morgan fingerprint density at radius 2 is 2.12 bits per heavy atom. The van der Waals surface area contributed by atoms with Crippen LogP contribution in [0.15, 0.2) is 61.2 Å². The van der Waals surface area contributed by atoms with E-state index in [0.717, 1.165) is 0 Å². The lowest BCUT2D eigenvalue weighted by Gasteiger charge is -2.07. The van der Waals surface area contributed by atoms with Crippen molar-refractivity contribution in [2.75, 3.05) is 5.32 Å². The number of carbonyl (C=O) groups excluding carboxylic acids is 1. The van der Waals surface area contributed by atoms with E-state index in [-0.39, 0.29) is 6.03 Å². The van der Waals surface area contributed by atoms with Gasteiger partial charge < -0.3 is 16.4 Å². The molecule has 1 aromatic heterocycles. The summed E-state index contributed by atoms with van der Waals surface area (Å²) in [5.74, 6) is 0. The van der Waals surface area contributed by atoms with Crippen molar-refractivity contribution in [1.82, 2.24) is 10.3 Å². The molecule has 0 aliphatic carbocycles. The molecule has 5 heteroatoms. The Bertz CT molecular complexity index is 437. The maximum Gasteiger partial charge on any atom is 0.323 e. The van der Waals surface area contributed by atoms with Crippen molar-refractivity contribution in [3.8, 4) is 0 Å². The van der Waals surface area contributed by atoms with Crippen LogP contribution >= 0.6 is 0 Å². The number of aromatic nitrogens is 1. The summed E-state index contributed by atoms with van der Waals surface area (Å²) in [7, 11) is 0. The van der Waals surface area contributed by atoms with Crippen molar-refractivity contribution in [3.05, 3.63) is 61.2 Å². The van der Waals surface area contributed by atoms with Gasteiger partial charge in [-0.25, -0.2) is 4.79 Å². The molecule has 1 rings (SSSR count). The Balaban J connectivity index is 2.60. The van der Waals surface area contributed by atoms with Gasteiger partial charge in [0.2, 0.25) is 0 Å². The fourth-order valence-corrected chi connectivity index (χ4v) is 1.10. The first kappa shape index (κ1) is 12.5. The van der Waals surface area contributed by atoms with Crippen molar-refractivity contribution in [3.63, 3.8) is 0 Å². The third kappa shape index (κ3) is 4.65. The van der Waals surface area contributed by atoms with Crippen LogP contribution in [-0.2, 0) is 0 Å². The number of amides is 2. The van der Waals surface area contributed by atoms with E-state index in [2.05, 4.69) is 22.2 Å². The zero-order chi connectivity index (χ0) is 12.5. The van der Waals surface area contributed by atoms with Crippen molar-refractivity contribution in [2.45, 2.75) is 0 Å². The highest BCUT2D eigenvalue weighted by Crippen LogP contribution is 2.03. The van der Waals surface area contributed by atoms with Crippen LogP contribution in [0.2, 0.25) is 0 Å². The highest BCUT2D eigenvalue weighted by atomic mass is 16.2. The number of carbonyl (C=O) groups is 1. The zero-order valence-corrected chi connectivity index (χ0v) is 9.26. The number of pyridine rings is 1. The van der Waals surface area contributed by atoms with E-state index in [4.69, 9.17) is 5.73 Å². The molecule has 0 aliphatic heterocycles. The number of rotatable bonds is 4. The van der Waals surface area contributed by atoms with Crippen molar-refractivity contribution < 1.29 is 4.79 Å². The topological polar surface area (TPSA) is 80.0 Å². The average molecular weight is 230 g/mol. The van der Waals surface area contributed by atoms with Crippen LogP contribution < -0.4 is 16.4 Å². The Morgan fingerprint density at radius 1 is 1.41 bits per heavy atom. The Hall–Kier alpha value is -2.56. The lowest BCUT2D eigenvalue weighted by molar-refractivity contribution is 0.254. The minimum atomic E-state index is -0.359. The van der Waals surface area contributed by atoms with Crippen LogP contribution in [0.3, 0.4) is 0 Å². The number of nitrogens with zero attached hydrogens (tertiary/aromatic N) is 1. The van der Waals surface area contributed by atoms with Gasteiger partial charge in [-0.1, -0.05) is 12.7 Å². The minimum absolute atomic E-state index is 0.359. The summed E-state index contributed by atoms with van der Waals surface area (Å²) >= 11 is 0. The van der Waals surface area contributed by atoms with E-state index >= 15 is 0 Å². The first-order valence-electron chi connectivity index (χ1n) is 4.95. The van der Waals surface area contributed by atoms with E-state index in [9.17, 15) is 4.79 Å². The van der Waals surface area contributed by atoms with Gasteiger partial charge in [-0.3, -0.25) is 4.98 Å². The summed E-state index contributed by atoms with van der Waals surface area (Å²) in [4.78, 5) is 15.4. The molecule has 0 bridgehead atoms. The number of urea groups is 1. The minimum Gasteiger partial charge on any atom is -0.405 e. The molecule has 88 valence electrons. The van der Waals surface area contributed by atoms with Gasteiger partial charge in [0.1, 0.15) is 0 Å². The molecule has 5 nitrogen and oxygen atoms in total. The van der Waals surface area contributed by atoms with Crippen molar-refractivity contribution >= 4 is 11.7 Å². The lowest BCUT2D eigenvalue weighted by atomic mass is 10.3. The van der Waals surface area contributed by atoms with Crippen LogP contribution in [0.4, 0.5) is 10.5 Å². The molecule has 2 amide bonds. The molecular formula is C12H14N4O. The molecule has 0 saturated carbocycles. The monoisotopic (exact) mass is 230 g/mol.